The summed E-state index contributed by atoms with van der Waals surface area (Å²) in [6.07, 6.45) is 1.12. The van der Waals surface area contributed by atoms with Gasteiger partial charge in [0.15, 0.2) is 0 Å². The third kappa shape index (κ3) is 1.90. The van der Waals surface area contributed by atoms with Gasteiger partial charge < -0.3 is 0 Å². The minimum atomic E-state index is 0.408. The Kier molecular flexibility index (Phi) is 3.07. The molecule has 3 heteroatoms. The molecule has 1 atom stereocenters. The van der Waals surface area contributed by atoms with Crippen molar-refractivity contribution >= 4 is 0 Å². The molecule has 0 amide bonds. The molecular weight excluding hydrogens is 162 g/mol. The molecule has 0 aromatic carbocycles. The van der Waals surface area contributed by atoms with Crippen molar-refractivity contribution < 1.29 is 0 Å². The zero-order valence-corrected chi connectivity index (χ0v) is 9.20. The van der Waals surface area contributed by atoms with Crippen LogP contribution in [0.5, 0.6) is 0 Å². The molecule has 1 aromatic rings. The number of nitrogens with zero attached hydrogens (tertiary/aromatic N) is 3. The molecule has 1 heterocycles. The van der Waals surface area contributed by atoms with Gasteiger partial charge in [-0.05, 0) is 27.2 Å². The van der Waals surface area contributed by atoms with E-state index in [1.54, 1.807) is 0 Å². The highest BCUT2D eigenvalue weighted by Gasteiger charge is 2.14. The van der Waals surface area contributed by atoms with Gasteiger partial charge >= 0.3 is 0 Å². The number of hydrogen-bond donors (Lipinski definition) is 0. The van der Waals surface area contributed by atoms with Gasteiger partial charge in [-0.1, -0.05) is 19.1 Å². The number of rotatable bonds is 3. The molecule has 74 valence electrons. The summed E-state index contributed by atoms with van der Waals surface area (Å²) in [5, 5.41) is 8.37. The second-order valence-corrected chi connectivity index (χ2v) is 3.91. The van der Waals surface area contributed by atoms with Crippen molar-refractivity contribution in [2.24, 2.45) is 0 Å². The maximum Gasteiger partial charge on any atom is 0.0884 e. The molecule has 0 unspecified atom stereocenters. The Morgan fingerprint density at radius 3 is 2.31 bits per heavy atom. The summed E-state index contributed by atoms with van der Waals surface area (Å²) in [5.74, 6) is 0.521. The monoisotopic (exact) mass is 181 g/mol. The lowest BCUT2D eigenvalue weighted by Crippen LogP contribution is -2.05. The van der Waals surface area contributed by atoms with Gasteiger partial charge in [0, 0.05) is 12.0 Å². The van der Waals surface area contributed by atoms with Crippen LogP contribution in [-0.2, 0) is 0 Å². The van der Waals surface area contributed by atoms with Crippen LogP contribution in [0, 0.1) is 6.92 Å². The van der Waals surface area contributed by atoms with Crippen molar-refractivity contribution in [3.05, 3.63) is 11.4 Å². The Labute approximate surface area is 80.1 Å². The summed E-state index contributed by atoms with van der Waals surface area (Å²) in [6.45, 7) is 10.7. The van der Waals surface area contributed by atoms with E-state index >= 15 is 0 Å². The van der Waals surface area contributed by atoms with E-state index in [2.05, 4.69) is 44.9 Å². The van der Waals surface area contributed by atoms with Crippen LogP contribution >= 0.6 is 0 Å². The second-order valence-electron chi connectivity index (χ2n) is 3.91. The van der Waals surface area contributed by atoms with Gasteiger partial charge in [-0.2, -0.15) is 0 Å². The first kappa shape index (κ1) is 10.2. The van der Waals surface area contributed by atoms with Gasteiger partial charge in [0.1, 0.15) is 0 Å². The summed E-state index contributed by atoms with van der Waals surface area (Å²) in [7, 11) is 0. The van der Waals surface area contributed by atoms with Gasteiger partial charge in [0.05, 0.1) is 11.4 Å². The summed E-state index contributed by atoms with van der Waals surface area (Å²) in [4.78, 5) is 0. The molecule has 0 N–H and O–H groups in total. The van der Waals surface area contributed by atoms with Gasteiger partial charge in [0.2, 0.25) is 0 Å². The van der Waals surface area contributed by atoms with Crippen LogP contribution in [0.3, 0.4) is 0 Å². The molecule has 0 aliphatic heterocycles. The first-order valence-corrected chi connectivity index (χ1v) is 4.99. The molecule has 0 saturated heterocycles. The quantitative estimate of drug-likeness (QED) is 0.717. The van der Waals surface area contributed by atoms with Crippen LogP contribution in [-0.4, -0.2) is 15.0 Å². The molecule has 0 spiro atoms. The van der Waals surface area contributed by atoms with Crippen LogP contribution in [0.25, 0.3) is 0 Å². The Morgan fingerprint density at radius 1 is 1.31 bits per heavy atom. The third-order valence-electron chi connectivity index (χ3n) is 2.53. The molecule has 3 nitrogen and oxygen atoms in total. The lowest BCUT2D eigenvalue weighted by molar-refractivity contribution is 0.502. The van der Waals surface area contributed by atoms with E-state index in [1.165, 1.54) is 5.69 Å². The normalized spacial score (nSPS) is 13.7. The van der Waals surface area contributed by atoms with Crippen LogP contribution in [0.4, 0.5) is 0 Å². The highest BCUT2D eigenvalue weighted by molar-refractivity contribution is 5.12. The van der Waals surface area contributed by atoms with Crippen LogP contribution in [0.1, 0.15) is 57.5 Å². The fraction of sp³-hybridized carbons (Fsp3) is 0.800. The van der Waals surface area contributed by atoms with Crippen molar-refractivity contribution in [1.82, 2.24) is 15.0 Å². The lowest BCUT2D eigenvalue weighted by Gasteiger charge is -2.09. The topological polar surface area (TPSA) is 30.7 Å². The summed E-state index contributed by atoms with van der Waals surface area (Å²) >= 11 is 0. The molecule has 0 bridgehead atoms. The Morgan fingerprint density at radius 2 is 1.92 bits per heavy atom. The number of aromatic nitrogens is 3. The molecule has 0 aliphatic rings. The predicted molar refractivity (Wildman–Crippen MR) is 53.9 cm³/mol. The summed E-state index contributed by atoms with van der Waals surface area (Å²) < 4.78 is 1.99. The SMILES string of the molecule is CC[C@H](C)c1nnn(C(C)C)c1C. The minimum Gasteiger partial charge on any atom is -0.247 e. The maximum absolute atomic E-state index is 4.22. The van der Waals surface area contributed by atoms with Crippen LogP contribution < -0.4 is 0 Å². The van der Waals surface area contributed by atoms with Crippen LogP contribution in [0.2, 0.25) is 0 Å². The highest BCUT2D eigenvalue weighted by atomic mass is 15.4. The highest BCUT2D eigenvalue weighted by Crippen LogP contribution is 2.20. The average molecular weight is 181 g/mol. The van der Waals surface area contributed by atoms with E-state index in [9.17, 15) is 0 Å². The zero-order valence-electron chi connectivity index (χ0n) is 9.20. The fourth-order valence-electron chi connectivity index (χ4n) is 1.49. The molecule has 0 aliphatic carbocycles. The first-order valence-electron chi connectivity index (χ1n) is 4.99. The number of hydrogen-bond acceptors (Lipinski definition) is 2. The summed E-state index contributed by atoms with van der Waals surface area (Å²) in [6, 6.07) is 0.408. The first-order chi connectivity index (χ1) is 6.07. The minimum absolute atomic E-state index is 0.408. The van der Waals surface area contributed by atoms with Gasteiger partial charge in [-0.25, -0.2) is 4.68 Å². The van der Waals surface area contributed by atoms with E-state index in [4.69, 9.17) is 0 Å². The predicted octanol–water partition coefficient (Wildman–Crippen LogP) is 2.68. The Hall–Kier alpha value is -0.860. The van der Waals surface area contributed by atoms with E-state index in [0.717, 1.165) is 12.1 Å². The smallest absolute Gasteiger partial charge is 0.0884 e. The molecule has 0 fully saturated rings. The van der Waals surface area contributed by atoms with E-state index in [0.29, 0.717) is 12.0 Å². The van der Waals surface area contributed by atoms with E-state index in [-0.39, 0.29) is 0 Å². The molecule has 1 rings (SSSR count). The van der Waals surface area contributed by atoms with Gasteiger partial charge in [0.25, 0.3) is 0 Å². The van der Waals surface area contributed by atoms with Crippen molar-refractivity contribution in [3.63, 3.8) is 0 Å². The van der Waals surface area contributed by atoms with E-state index < -0.39 is 0 Å². The van der Waals surface area contributed by atoms with Crippen LogP contribution in [0.15, 0.2) is 0 Å². The molecule has 0 radical (unpaired) electrons. The average Bonchev–Trinajstić information content (AvgIpc) is 2.46. The molecule has 1 aromatic heterocycles. The standard InChI is InChI=1S/C10H19N3/c1-6-8(4)10-9(5)13(7(2)3)12-11-10/h7-8H,6H2,1-5H3/t8-/m0/s1. The molecule has 13 heavy (non-hydrogen) atoms. The van der Waals surface area contributed by atoms with Gasteiger partial charge in [-0.3, -0.25) is 0 Å². The van der Waals surface area contributed by atoms with Crippen molar-refractivity contribution in [1.29, 1.82) is 0 Å². The summed E-state index contributed by atoms with van der Waals surface area (Å²) in [5.41, 5.74) is 2.36. The second kappa shape index (κ2) is 3.90. The molecular formula is C10H19N3. The van der Waals surface area contributed by atoms with Crippen molar-refractivity contribution in [2.45, 2.75) is 53.0 Å². The Balaban J connectivity index is 2.99. The lowest BCUT2D eigenvalue weighted by atomic mass is 10.0. The third-order valence-corrected chi connectivity index (χ3v) is 2.53. The zero-order chi connectivity index (χ0) is 10.0. The largest absolute Gasteiger partial charge is 0.247 e. The van der Waals surface area contributed by atoms with E-state index in [1.807, 2.05) is 4.68 Å². The van der Waals surface area contributed by atoms with Crippen molar-refractivity contribution in [3.8, 4) is 0 Å². The molecule has 0 saturated carbocycles. The van der Waals surface area contributed by atoms with Gasteiger partial charge in [-0.15, -0.1) is 5.10 Å². The maximum atomic E-state index is 4.22. The Bertz CT molecular complexity index is 276. The van der Waals surface area contributed by atoms with Crippen molar-refractivity contribution in [2.75, 3.05) is 0 Å². The fourth-order valence-corrected chi connectivity index (χ4v) is 1.49.